The molecule has 0 spiro atoms. The molecule has 122 valence electrons. The number of imidazole rings is 1. The third kappa shape index (κ3) is 3.56. The Balaban J connectivity index is 1.53. The number of alkyl halides is 3. The van der Waals surface area contributed by atoms with Gasteiger partial charge in [-0.3, -0.25) is 0 Å². The predicted octanol–water partition coefficient (Wildman–Crippen LogP) is 2.72. The number of nitriles is 1. The van der Waals surface area contributed by atoms with Gasteiger partial charge in [0.2, 0.25) is 5.76 Å². The standard InChI is InChI=1S/C15H15F3N4O/c16-15(17,18)13-9-22-8-10(1-4-14(22)21-13)6-20-7-12-3-2-11(5-19)23-12/h2-3,9-10,20H,1,4,6-8H2/t10-/m1/s1. The second-order valence-corrected chi connectivity index (χ2v) is 5.61. The minimum absolute atomic E-state index is 0.239. The number of aryl methyl sites for hydroxylation is 1. The van der Waals surface area contributed by atoms with Crippen LogP contribution < -0.4 is 5.32 Å². The highest BCUT2D eigenvalue weighted by molar-refractivity contribution is 5.19. The molecular formula is C15H15F3N4O. The average molecular weight is 324 g/mol. The van der Waals surface area contributed by atoms with Crippen LogP contribution in [0.3, 0.4) is 0 Å². The zero-order valence-electron chi connectivity index (χ0n) is 12.2. The van der Waals surface area contributed by atoms with Gasteiger partial charge in [-0.25, -0.2) is 4.98 Å². The Kier molecular flexibility index (Phi) is 4.13. The van der Waals surface area contributed by atoms with Crippen LogP contribution in [0.4, 0.5) is 13.2 Å². The Labute approximate surface area is 130 Å². The van der Waals surface area contributed by atoms with E-state index in [0.717, 1.165) is 12.6 Å². The van der Waals surface area contributed by atoms with Crippen molar-refractivity contribution >= 4 is 0 Å². The van der Waals surface area contributed by atoms with Gasteiger partial charge in [0.25, 0.3) is 0 Å². The number of halogens is 3. The van der Waals surface area contributed by atoms with E-state index in [1.807, 2.05) is 6.07 Å². The van der Waals surface area contributed by atoms with E-state index in [1.54, 1.807) is 16.7 Å². The summed E-state index contributed by atoms with van der Waals surface area (Å²) < 4.78 is 44.9. The summed E-state index contributed by atoms with van der Waals surface area (Å²) in [4.78, 5) is 3.67. The van der Waals surface area contributed by atoms with Gasteiger partial charge in [-0.2, -0.15) is 18.4 Å². The summed E-state index contributed by atoms with van der Waals surface area (Å²) in [6.45, 7) is 1.68. The van der Waals surface area contributed by atoms with Gasteiger partial charge in [-0.15, -0.1) is 0 Å². The van der Waals surface area contributed by atoms with Crippen molar-refractivity contribution in [3.05, 3.63) is 41.4 Å². The molecule has 8 heteroatoms. The number of hydrogen-bond donors (Lipinski definition) is 1. The van der Waals surface area contributed by atoms with Crippen molar-refractivity contribution in [1.82, 2.24) is 14.9 Å². The van der Waals surface area contributed by atoms with Crippen molar-refractivity contribution in [3.8, 4) is 6.07 Å². The molecule has 0 fully saturated rings. The van der Waals surface area contributed by atoms with E-state index in [9.17, 15) is 13.2 Å². The second-order valence-electron chi connectivity index (χ2n) is 5.61. The van der Waals surface area contributed by atoms with E-state index in [0.29, 0.717) is 37.6 Å². The van der Waals surface area contributed by atoms with Crippen molar-refractivity contribution in [2.75, 3.05) is 6.54 Å². The van der Waals surface area contributed by atoms with Gasteiger partial charge in [-0.1, -0.05) is 0 Å². The molecule has 0 saturated heterocycles. The number of nitrogens with one attached hydrogen (secondary N) is 1. The fourth-order valence-electron chi connectivity index (χ4n) is 2.75. The summed E-state index contributed by atoms with van der Waals surface area (Å²) in [5.41, 5.74) is -0.819. The molecule has 0 aliphatic carbocycles. The molecule has 1 aliphatic rings. The van der Waals surface area contributed by atoms with Gasteiger partial charge in [0.05, 0.1) is 6.54 Å². The molecule has 5 nitrogen and oxygen atoms in total. The molecule has 0 unspecified atom stereocenters. The maximum atomic E-state index is 12.7. The number of fused-ring (bicyclic) bond motifs is 1. The molecule has 0 radical (unpaired) electrons. The van der Waals surface area contributed by atoms with Gasteiger partial charge >= 0.3 is 6.18 Å². The topological polar surface area (TPSA) is 66.8 Å². The Bertz CT molecular complexity index is 726. The fourth-order valence-corrected chi connectivity index (χ4v) is 2.75. The lowest BCUT2D eigenvalue weighted by molar-refractivity contribution is -0.141. The predicted molar refractivity (Wildman–Crippen MR) is 74.2 cm³/mol. The second kappa shape index (κ2) is 6.08. The first-order valence-corrected chi connectivity index (χ1v) is 7.28. The Morgan fingerprint density at radius 1 is 1.43 bits per heavy atom. The summed E-state index contributed by atoms with van der Waals surface area (Å²) in [7, 11) is 0. The molecule has 1 atom stereocenters. The van der Waals surface area contributed by atoms with Crippen LogP contribution in [0, 0.1) is 17.2 Å². The minimum Gasteiger partial charge on any atom is -0.449 e. The normalized spacial score (nSPS) is 17.7. The van der Waals surface area contributed by atoms with E-state index < -0.39 is 11.9 Å². The van der Waals surface area contributed by atoms with Gasteiger partial charge in [0, 0.05) is 25.7 Å². The molecule has 2 aromatic rings. The molecule has 2 aromatic heterocycles. The molecule has 1 N–H and O–H groups in total. The number of nitrogens with zero attached hydrogens (tertiary/aromatic N) is 3. The summed E-state index contributed by atoms with van der Waals surface area (Å²) >= 11 is 0. The van der Waals surface area contributed by atoms with Crippen LogP contribution in [0.5, 0.6) is 0 Å². The van der Waals surface area contributed by atoms with Crippen LogP contribution in [0.2, 0.25) is 0 Å². The third-order valence-electron chi connectivity index (χ3n) is 3.88. The SMILES string of the molecule is N#Cc1ccc(CNC[C@H]2CCc3nc(C(F)(F)F)cn3C2)o1. The summed E-state index contributed by atoms with van der Waals surface area (Å²) in [5.74, 6) is 1.67. The Morgan fingerprint density at radius 2 is 2.26 bits per heavy atom. The van der Waals surface area contributed by atoms with Gasteiger partial charge in [0.1, 0.15) is 17.7 Å². The summed E-state index contributed by atoms with van der Waals surface area (Å²) in [6, 6.07) is 5.25. The first kappa shape index (κ1) is 15.6. The van der Waals surface area contributed by atoms with Crippen molar-refractivity contribution in [2.24, 2.45) is 5.92 Å². The largest absolute Gasteiger partial charge is 0.449 e. The molecule has 0 bridgehead atoms. The van der Waals surface area contributed by atoms with Crippen LogP contribution in [-0.4, -0.2) is 16.1 Å². The lowest BCUT2D eigenvalue weighted by Crippen LogP contribution is -2.29. The van der Waals surface area contributed by atoms with E-state index >= 15 is 0 Å². The number of hydrogen-bond acceptors (Lipinski definition) is 4. The molecule has 3 rings (SSSR count). The maximum absolute atomic E-state index is 12.7. The van der Waals surface area contributed by atoms with Gasteiger partial charge in [0.15, 0.2) is 5.69 Å². The lowest BCUT2D eigenvalue weighted by atomic mass is 9.99. The van der Waals surface area contributed by atoms with Gasteiger partial charge < -0.3 is 14.3 Å². The number of furan rings is 1. The van der Waals surface area contributed by atoms with Gasteiger partial charge in [-0.05, 0) is 24.5 Å². The molecule has 3 heterocycles. The molecule has 0 aromatic carbocycles. The first-order valence-electron chi connectivity index (χ1n) is 7.28. The van der Waals surface area contributed by atoms with E-state index in [-0.39, 0.29) is 11.7 Å². The lowest BCUT2D eigenvalue weighted by Gasteiger charge is -2.23. The minimum atomic E-state index is -4.39. The smallest absolute Gasteiger partial charge is 0.434 e. The zero-order chi connectivity index (χ0) is 16.4. The van der Waals surface area contributed by atoms with Crippen molar-refractivity contribution < 1.29 is 17.6 Å². The highest BCUT2D eigenvalue weighted by Gasteiger charge is 2.35. The van der Waals surface area contributed by atoms with Crippen LogP contribution in [0.25, 0.3) is 0 Å². The van der Waals surface area contributed by atoms with Crippen LogP contribution in [0.1, 0.15) is 29.5 Å². The summed E-state index contributed by atoms with van der Waals surface area (Å²) in [6.07, 6.45) is -1.96. The molecule has 0 amide bonds. The molecule has 23 heavy (non-hydrogen) atoms. The number of aromatic nitrogens is 2. The fraction of sp³-hybridized carbons (Fsp3) is 0.467. The maximum Gasteiger partial charge on any atom is 0.434 e. The highest BCUT2D eigenvalue weighted by Crippen LogP contribution is 2.30. The molecule has 1 aliphatic heterocycles. The molecular weight excluding hydrogens is 309 g/mol. The van der Waals surface area contributed by atoms with E-state index in [2.05, 4.69) is 10.3 Å². The van der Waals surface area contributed by atoms with Crippen LogP contribution >= 0.6 is 0 Å². The Hall–Kier alpha value is -2.27. The highest BCUT2D eigenvalue weighted by atomic mass is 19.4. The van der Waals surface area contributed by atoms with Crippen LogP contribution in [0.15, 0.2) is 22.7 Å². The monoisotopic (exact) mass is 324 g/mol. The van der Waals surface area contributed by atoms with E-state index in [4.69, 9.17) is 9.68 Å². The van der Waals surface area contributed by atoms with Crippen molar-refractivity contribution in [1.29, 1.82) is 5.26 Å². The van der Waals surface area contributed by atoms with Crippen molar-refractivity contribution in [2.45, 2.75) is 32.1 Å². The van der Waals surface area contributed by atoms with Crippen molar-refractivity contribution in [3.63, 3.8) is 0 Å². The Morgan fingerprint density at radius 3 is 2.96 bits per heavy atom. The third-order valence-corrected chi connectivity index (χ3v) is 3.88. The quantitative estimate of drug-likeness (QED) is 0.939. The zero-order valence-corrected chi connectivity index (χ0v) is 12.2. The number of rotatable bonds is 4. The first-order chi connectivity index (χ1) is 11.0. The van der Waals surface area contributed by atoms with E-state index in [1.165, 1.54) is 0 Å². The van der Waals surface area contributed by atoms with Crippen LogP contribution in [-0.2, 0) is 25.7 Å². The molecule has 0 saturated carbocycles. The summed E-state index contributed by atoms with van der Waals surface area (Å²) in [5, 5.41) is 11.9. The average Bonchev–Trinajstić information content (AvgIpc) is 3.12.